The molecule has 1 aromatic heterocycles. The van der Waals surface area contributed by atoms with Gasteiger partial charge in [0.15, 0.2) is 5.82 Å². The maximum atomic E-state index is 5.12. The van der Waals surface area contributed by atoms with Crippen molar-refractivity contribution in [1.29, 1.82) is 0 Å². The largest absolute Gasteiger partial charge is 0.326 e. The van der Waals surface area contributed by atoms with Crippen LogP contribution >= 0.6 is 12.2 Å². The van der Waals surface area contributed by atoms with Crippen molar-refractivity contribution in [3.63, 3.8) is 0 Å². The normalized spacial score (nSPS) is 10.6. The molecule has 0 atom stereocenters. The van der Waals surface area contributed by atoms with Crippen LogP contribution in [0.5, 0.6) is 0 Å². The molecular formula is C12H14N6S. The van der Waals surface area contributed by atoms with E-state index in [4.69, 9.17) is 18.1 Å². The summed E-state index contributed by atoms with van der Waals surface area (Å²) in [5, 5.41) is 4.19. The average molecular weight is 274 g/mol. The number of thiocarbonyl (C=S) groups is 1. The van der Waals surface area contributed by atoms with E-state index >= 15 is 0 Å². The Hall–Kier alpha value is -2.25. The fourth-order valence-electron chi connectivity index (χ4n) is 1.54. The summed E-state index contributed by atoms with van der Waals surface area (Å²) in [5.41, 5.74) is 6.05. The smallest absolute Gasteiger partial charge is 0.201 e. The van der Waals surface area contributed by atoms with Crippen molar-refractivity contribution < 1.29 is 0 Å². The number of imidazole rings is 1. The first-order valence-electron chi connectivity index (χ1n) is 5.64. The SMILES string of the molecule is NNC(=S)N/N=C/c1nccn1Cc1ccccc1. The molecule has 1 heterocycles. The van der Waals surface area contributed by atoms with Crippen molar-refractivity contribution in [3.8, 4) is 0 Å². The quantitative estimate of drug-likeness (QED) is 0.329. The highest BCUT2D eigenvalue weighted by atomic mass is 32.1. The van der Waals surface area contributed by atoms with E-state index in [1.54, 1.807) is 12.4 Å². The molecule has 0 saturated carbocycles. The number of rotatable bonds is 4. The molecule has 19 heavy (non-hydrogen) atoms. The first kappa shape index (κ1) is 13.2. The minimum atomic E-state index is 0.248. The lowest BCUT2D eigenvalue weighted by atomic mass is 10.2. The van der Waals surface area contributed by atoms with Crippen LogP contribution in [0.3, 0.4) is 0 Å². The molecule has 0 saturated heterocycles. The molecule has 4 N–H and O–H groups in total. The highest BCUT2D eigenvalue weighted by Crippen LogP contribution is 2.04. The van der Waals surface area contributed by atoms with Gasteiger partial charge in [-0.3, -0.25) is 10.9 Å². The second-order valence-corrected chi connectivity index (χ2v) is 4.15. The highest BCUT2D eigenvalue weighted by Gasteiger charge is 2.00. The van der Waals surface area contributed by atoms with E-state index in [1.165, 1.54) is 5.56 Å². The van der Waals surface area contributed by atoms with Gasteiger partial charge in [0, 0.05) is 18.9 Å². The number of benzene rings is 1. The molecular weight excluding hydrogens is 260 g/mol. The zero-order valence-electron chi connectivity index (χ0n) is 10.2. The van der Waals surface area contributed by atoms with Crippen LogP contribution in [-0.4, -0.2) is 20.9 Å². The van der Waals surface area contributed by atoms with Crippen molar-refractivity contribution in [3.05, 3.63) is 54.1 Å². The van der Waals surface area contributed by atoms with Crippen LogP contribution in [0.2, 0.25) is 0 Å². The van der Waals surface area contributed by atoms with E-state index in [-0.39, 0.29) is 5.11 Å². The van der Waals surface area contributed by atoms with Gasteiger partial charge in [-0.15, -0.1) is 0 Å². The van der Waals surface area contributed by atoms with Crippen LogP contribution in [0.1, 0.15) is 11.4 Å². The van der Waals surface area contributed by atoms with E-state index in [0.29, 0.717) is 0 Å². The Morgan fingerprint density at radius 1 is 1.42 bits per heavy atom. The Morgan fingerprint density at radius 3 is 2.95 bits per heavy atom. The molecule has 1 aromatic carbocycles. The zero-order chi connectivity index (χ0) is 13.5. The predicted octanol–water partition coefficient (Wildman–Crippen LogP) is 0.603. The summed E-state index contributed by atoms with van der Waals surface area (Å²) in [5.74, 6) is 5.85. The van der Waals surface area contributed by atoms with E-state index in [1.807, 2.05) is 29.0 Å². The Balaban J connectivity index is 2.04. The van der Waals surface area contributed by atoms with Crippen molar-refractivity contribution in [1.82, 2.24) is 20.4 Å². The Kier molecular flexibility index (Phi) is 4.60. The fourth-order valence-corrected chi connectivity index (χ4v) is 1.60. The third-order valence-corrected chi connectivity index (χ3v) is 2.63. The molecule has 0 aliphatic rings. The van der Waals surface area contributed by atoms with Gasteiger partial charge in [0.25, 0.3) is 0 Å². The van der Waals surface area contributed by atoms with Crippen molar-refractivity contribution in [2.24, 2.45) is 10.9 Å². The molecule has 0 aliphatic heterocycles. The van der Waals surface area contributed by atoms with Gasteiger partial charge in [-0.25, -0.2) is 10.8 Å². The lowest BCUT2D eigenvalue weighted by Gasteiger charge is -2.05. The van der Waals surface area contributed by atoms with Crippen LogP contribution in [0.25, 0.3) is 0 Å². The molecule has 0 radical (unpaired) electrons. The minimum Gasteiger partial charge on any atom is -0.326 e. The van der Waals surface area contributed by atoms with Crippen molar-refractivity contribution in [2.45, 2.75) is 6.54 Å². The fraction of sp³-hybridized carbons (Fsp3) is 0.0833. The molecule has 0 unspecified atom stereocenters. The molecule has 98 valence electrons. The van der Waals surface area contributed by atoms with Crippen LogP contribution in [-0.2, 0) is 6.54 Å². The lowest BCUT2D eigenvalue weighted by Crippen LogP contribution is -2.37. The monoisotopic (exact) mass is 274 g/mol. The number of nitrogens with zero attached hydrogens (tertiary/aromatic N) is 3. The van der Waals surface area contributed by atoms with Gasteiger partial charge in [-0.1, -0.05) is 30.3 Å². The number of hydrazine groups is 1. The number of nitrogens with two attached hydrogens (primary N) is 1. The molecule has 0 bridgehead atoms. The van der Waals surface area contributed by atoms with Crippen LogP contribution in [0, 0.1) is 0 Å². The highest BCUT2D eigenvalue weighted by molar-refractivity contribution is 7.80. The van der Waals surface area contributed by atoms with Gasteiger partial charge in [-0.05, 0) is 17.8 Å². The van der Waals surface area contributed by atoms with E-state index in [0.717, 1.165) is 12.4 Å². The molecule has 0 spiro atoms. The maximum absolute atomic E-state index is 5.12. The second-order valence-electron chi connectivity index (χ2n) is 3.74. The first-order chi connectivity index (χ1) is 9.29. The summed E-state index contributed by atoms with van der Waals surface area (Å²) < 4.78 is 1.99. The maximum Gasteiger partial charge on any atom is 0.201 e. The van der Waals surface area contributed by atoms with Gasteiger partial charge in [-0.2, -0.15) is 5.10 Å². The second kappa shape index (κ2) is 6.62. The van der Waals surface area contributed by atoms with E-state index in [9.17, 15) is 0 Å². The molecule has 0 aliphatic carbocycles. The molecule has 2 rings (SSSR count). The number of hydrogen-bond donors (Lipinski definition) is 3. The van der Waals surface area contributed by atoms with Crippen LogP contribution in [0.4, 0.5) is 0 Å². The van der Waals surface area contributed by atoms with E-state index in [2.05, 4.69) is 33.1 Å². The minimum absolute atomic E-state index is 0.248. The number of aromatic nitrogens is 2. The van der Waals surface area contributed by atoms with Gasteiger partial charge in [0.05, 0.1) is 6.21 Å². The summed E-state index contributed by atoms with van der Waals surface area (Å²) in [4.78, 5) is 4.21. The average Bonchev–Trinajstić information content (AvgIpc) is 2.87. The van der Waals surface area contributed by atoms with Crippen LogP contribution in [0.15, 0.2) is 47.8 Å². The Bertz CT molecular complexity index is 563. The molecule has 0 fully saturated rings. The standard InChI is InChI=1S/C12H14N6S/c13-16-12(19)17-15-8-11-14-6-7-18(11)9-10-4-2-1-3-5-10/h1-8H,9,13H2,(H2,16,17,19)/b15-8+. The molecule has 6 nitrogen and oxygen atoms in total. The van der Waals surface area contributed by atoms with Crippen molar-refractivity contribution in [2.75, 3.05) is 0 Å². The molecule has 7 heteroatoms. The topological polar surface area (TPSA) is 80.3 Å². The number of hydrazone groups is 1. The number of nitrogens with one attached hydrogen (secondary N) is 2. The van der Waals surface area contributed by atoms with Gasteiger partial charge in [0.1, 0.15) is 0 Å². The summed E-state index contributed by atoms with van der Waals surface area (Å²) in [7, 11) is 0. The summed E-state index contributed by atoms with van der Waals surface area (Å²) in [6, 6.07) is 10.1. The Labute approximate surface area is 116 Å². The molecule has 2 aromatic rings. The first-order valence-corrected chi connectivity index (χ1v) is 6.05. The van der Waals surface area contributed by atoms with Gasteiger partial charge < -0.3 is 4.57 Å². The third-order valence-electron chi connectivity index (χ3n) is 2.42. The summed E-state index contributed by atoms with van der Waals surface area (Å²) in [6.07, 6.45) is 5.21. The molecule has 0 amide bonds. The summed E-state index contributed by atoms with van der Waals surface area (Å²) >= 11 is 4.80. The zero-order valence-corrected chi connectivity index (χ0v) is 11.0. The van der Waals surface area contributed by atoms with Crippen molar-refractivity contribution >= 4 is 23.5 Å². The predicted molar refractivity (Wildman–Crippen MR) is 78.4 cm³/mol. The number of hydrogen-bond acceptors (Lipinski definition) is 4. The van der Waals surface area contributed by atoms with Gasteiger partial charge in [0.2, 0.25) is 5.11 Å². The van der Waals surface area contributed by atoms with Crippen LogP contribution < -0.4 is 16.7 Å². The van der Waals surface area contributed by atoms with E-state index < -0.39 is 0 Å². The lowest BCUT2D eigenvalue weighted by molar-refractivity contribution is 0.788. The third kappa shape index (κ3) is 3.87. The van der Waals surface area contributed by atoms with Gasteiger partial charge >= 0.3 is 0 Å². The summed E-state index contributed by atoms with van der Waals surface area (Å²) in [6.45, 7) is 0.738. The Morgan fingerprint density at radius 2 is 2.21 bits per heavy atom.